The van der Waals surface area contributed by atoms with Crippen LogP contribution in [0.25, 0.3) is 0 Å². The highest BCUT2D eigenvalue weighted by Crippen LogP contribution is 2.23. The van der Waals surface area contributed by atoms with E-state index in [4.69, 9.17) is 27.9 Å². The lowest BCUT2D eigenvalue weighted by Gasteiger charge is -2.24. The number of carbonyl (C=O) groups excluding carboxylic acids is 2. The Bertz CT molecular complexity index is 1070. The molecule has 1 heterocycles. The van der Waals surface area contributed by atoms with E-state index in [0.717, 1.165) is 0 Å². The highest BCUT2D eigenvalue weighted by Gasteiger charge is 2.31. The third-order valence-electron chi connectivity index (χ3n) is 4.16. The number of hydrogen-bond donors (Lipinski definition) is 2. The van der Waals surface area contributed by atoms with Crippen molar-refractivity contribution in [3.8, 4) is 5.75 Å². The van der Waals surface area contributed by atoms with Crippen LogP contribution in [-0.2, 0) is 11.2 Å². The van der Waals surface area contributed by atoms with Crippen molar-refractivity contribution in [3.05, 3.63) is 69.1 Å². The molecule has 3 rings (SSSR count). The second kappa shape index (κ2) is 10.1. The Morgan fingerprint density at radius 3 is 2.48 bits per heavy atom. The van der Waals surface area contributed by atoms with Gasteiger partial charge < -0.3 is 10.1 Å². The molecule has 2 N–H and O–H groups in total. The first kappa shape index (κ1) is 23.0. The van der Waals surface area contributed by atoms with Crippen LogP contribution in [0.1, 0.15) is 29.2 Å². The first-order chi connectivity index (χ1) is 14.7. The molecule has 0 aliphatic heterocycles. The van der Waals surface area contributed by atoms with Gasteiger partial charge in [-0.3, -0.25) is 14.9 Å². The lowest BCUT2D eigenvalue weighted by molar-refractivity contribution is -0.128. The smallest absolute Gasteiger partial charge is 0.269 e. The van der Waals surface area contributed by atoms with Gasteiger partial charge in [0.1, 0.15) is 10.8 Å². The molecule has 0 saturated carbocycles. The van der Waals surface area contributed by atoms with Gasteiger partial charge in [-0.05, 0) is 50.2 Å². The molecule has 0 atom stereocenters. The van der Waals surface area contributed by atoms with Crippen molar-refractivity contribution < 1.29 is 14.3 Å². The van der Waals surface area contributed by atoms with Gasteiger partial charge in [-0.25, -0.2) is 0 Å². The monoisotopic (exact) mass is 478 g/mol. The molecule has 2 amide bonds. The number of rotatable bonds is 8. The Labute approximate surface area is 193 Å². The molecule has 10 heteroatoms. The molecule has 3 aromatic rings. The number of nitrogens with one attached hydrogen (secondary N) is 2. The summed E-state index contributed by atoms with van der Waals surface area (Å²) in [5.41, 5.74) is -0.722. The van der Waals surface area contributed by atoms with Gasteiger partial charge in [0.05, 0.1) is 10.6 Å². The van der Waals surface area contributed by atoms with Crippen molar-refractivity contribution in [3.63, 3.8) is 0 Å². The zero-order valence-electron chi connectivity index (χ0n) is 16.8. The van der Waals surface area contributed by atoms with Gasteiger partial charge in [-0.2, -0.15) is 0 Å². The number of hydrogen-bond acceptors (Lipinski definition) is 6. The summed E-state index contributed by atoms with van der Waals surface area (Å²) in [5.74, 6) is -0.0984. The number of carbonyl (C=O) groups is 2. The van der Waals surface area contributed by atoms with Crippen molar-refractivity contribution >= 4 is 51.5 Å². The van der Waals surface area contributed by atoms with E-state index in [1.54, 1.807) is 62.4 Å². The number of anilines is 1. The van der Waals surface area contributed by atoms with Crippen molar-refractivity contribution in [1.82, 2.24) is 15.5 Å². The minimum Gasteiger partial charge on any atom is -0.478 e. The van der Waals surface area contributed by atoms with Crippen LogP contribution in [0.4, 0.5) is 5.13 Å². The standard InChI is InChI=1S/C21H20Cl2N4O3S/c1-21(2,30-14-9-7-13(22)8-10-14)19(29)25-20-27-26-17(31-20)11-12-24-18(28)15-5-3-4-6-16(15)23/h3-10H,11-12H2,1-2H3,(H,24,28)(H,25,27,29). The summed E-state index contributed by atoms with van der Waals surface area (Å²) in [5, 5.41) is 15.6. The fourth-order valence-corrected chi connectivity index (χ4v) is 3.60. The van der Waals surface area contributed by atoms with Crippen LogP contribution >= 0.6 is 34.5 Å². The molecule has 7 nitrogen and oxygen atoms in total. The first-order valence-electron chi connectivity index (χ1n) is 9.36. The molecular formula is C21H20Cl2N4O3S. The maximum absolute atomic E-state index is 12.6. The largest absolute Gasteiger partial charge is 0.478 e. The molecule has 0 aliphatic carbocycles. The Kier molecular flexibility index (Phi) is 7.48. The normalized spacial score (nSPS) is 11.1. The molecule has 0 unspecified atom stereocenters. The highest BCUT2D eigenvalue weighted by molar-refractivity contribution is 7.15. The van der Waals surface area contributed by atoms with Crippen molar-refractivity contribution in [2.24, 2.45) is 0 Å². The number of nitrogens with zero attached hydrogens (tertiary/aromatic N) is 2. The average molecular weight is 479 g/mol. The van der Waals surface area contributed by atoms with E-state index >= 15 is 0 Å². The number of halogens is 2. The fourth-order valence-electron chi connectivity index (χ4n) is 2.52. The third-order valence-corrected chi connectivity index (χ3v) is 5.64. The maximum Gasteiger partial charge on any atom is 0.269 e. The van der Waals surface area contributed by atoms with Crippen LogP contribution in [0.15, 0.2) is 48.5 Å². The molecule has 0 fully saturated rings. The van der Waals surface area contributed by atoms with E-state index in [1.165, 1.54) is 11.3 Å². The molecule has 0 radical (unpaired) electrons. The van der Waals surface area contributed by atoms with E-state index in [2.05, 4.69) is 20.8 Å². The predicted octanol–water partition coefficient (Wildman–Crippen LogP) is 4.61. The second-order valence-corrected chi connectivity index (χ2v) is 8.91. The number of amides is 2. The number of benzene rings is 2. The van der Waals surface area contributed by atoms with Crippen molar-refractivity contribution in [1.29, 1.82) is 0 Å². The van der Waals surface area contributed by atoms with E-state index in [1.807, 2.05) is 0 Å². The minimum atomic E-state index is -1.14. The third kappa shape index (κ3) is 6.40. The Morgan fingerprint density at radius 1 is 1.06 bits per heavy atom. The Balaban J connectivity index is 1.50. The SMILES string of the molecule is CC(C)(Oc1ccc(Cl)cc1)C(=O)Nc1nnc(CCNC(=O)c2ccccc2Cl)s1. The summed E-state index contributed by atoms with van der Waals surface area (Å²) >= 11 is 13.1. The molecule has 0 aliphatic rings. The summed E-state index contributed by atoms with van der Waals surface area (Å²) < 4.78 is 5.77. The van der Waals surface area contributed by atoms with Gasteiger partial charge in [0.25, 0.3) is 11.8 Å². The maximum atomic E-state index is 12.6. The average Bonchev–Trinajstić information content (AvgIpc) is 3.17. The van der Waals surface area contributed by atoms with Gasteiger partial charge in [0.15, 0.2) is 5.60 Å². The molecule has 0 bridgehead atoms. The van der Waals surface area contributed by atoms with Crippen LogP contribution in [0, 0.1) is 0 Å². The molecule has 162 valence electrons. The first-order valence-corrected chi connectivity index (χ1v) is 10.9. The van der Waals surface area contributed by atoms with Gasteiger partial charge in [0, 0.05) is 18.0 Å². The summed E-state index contributed by atoms with van der Waals surface area (Å²) in [7, 11) is 0. The molecule has 2 aromatic carbocycles. The molecular weight excluding hydrogens is 459 g/mol. The Hall–Kier alpha value is -2.68. The van der Waals surface area contributed by atoms with E-state index in [9.17, 15) is 9.59 Å². The summed E-state index contributed by atoms with van der Waals surface area (Å²) in [6, 6.07) is 13.6. The van der Waals surface area contributed by atoms with Crippen LogP contribution in [-0.4, -0.2) is 34.2 Å². The van der Waals surface area contributed by atoms with Gasteiger partial charge in [0.2, 0.25) is 5.13 Å². The topological polar surface area (TPSA) is 93.2 Å². The lowest BCUT2D eigenvalue weighted by atomic mass is 10.1. The molecule has 31 heavy (non-hydrogen) atoms. The van der Waals surface area contributed by atoms with Crippen LogP contribution in [0.5, 0.6) is 5.75 Å². The quantitative estimate of drug-likeness (QED) is 0.492. The number of aromatic nitrogens is 2. The van der Waals surface area contributed by atoms with E-state index in [0.29, 0.717) is 44.5 Å². The van der Waals surface area contributed by atoms with E-state index < -0.39 is 5.60 Å². The number of ether oxygens (including phenoxy) is 1. The van der Waals surface area contributed by atoms with Crippen LogP contribution in [0.3, 0.4) is 0 Å². The zero-order chi connectivity index (χ0) is 22.4. The van der Waals surface area contributed by atoms with Crippen LogP contribution in [0.2, 0.25) is 10.0 Å². The molecule has 0 spiro atoms. The molecule has 0 saturated heterocycles. The highest BCUT2D eigenvalue weighted by atomic mass is 35.5. The molecule has 1 aromatic heterocycles. The summed E-state index contributed by atoms with van der Waals surface area (Å²) in [6.45, 7) is 3.67. The Morgan fingerprint density at radius 2 is 1.77 bits per heavy atom. The van der Waals surface area contributed by atoms with Crippen molar-refractivity contribution in [2.75, 3.05) is 11.9 Å². The van der Waals surface area contributed by atoms with Gasteiger partial charge in [-0.1, -0.05) is 46.7 Å². The summed E-state index contributed by atoms with van der Waals surface area (Å²) in [4.78, 5) is 24.8. The second-order valence-electron chi connectivity index (χ2n) is 7.01. The minimum absolute atomic E-state index is 0.260. The van der Waals surface area contributed by atoms with Crippen LogP contribution < -0.4 is 15.4 Å². The van der Waals surface area contributed by atoms with E-state index in [-0.39, 0.29) is 11.8 Å². The van der Waals surface area contributed by atoms with Crippen molar-refractivity contribution in [2.45, 2.75) is 25.9 Å². The van der Waals surface area contributed by atoms with Gasteiger partial charge >= 0.3 is 0 Å². The zero-order valence-corrected chi connectivity index (χ0v) is 19.1. The predicted molar refractivity (Wildman–Crippen MR) is 122 cm³/mol. The summed E-state index contributed by atoms with van der Waals surface area (Å²) in [6.07, 6.45) is 0.467. The lowest BCUT2D eigenvalue weighted by Crippen LogP contribution is -2.42. The fraction of sp³-hybridized carbons (Fsp3) is 0.238. The van der Waals surface area contributed by atoms with Gasteiger partial charge in [-0.15, -0.1) is 10.2 Å².